The third-order valence-electron chi connectivity index (χ3n) is 1.11. The van der Waals surface area contributed by atoms with Crippen LogP contribution in [-0.4, -0.2) is 23.0 Å². The molecule has 1 unspecified atom stereocenters. The molecule has 0 fully saturated rings. The van der Waals surface area contributed by atoms with Crippen molar-refractivity contribution in [2.45, 2.75) is 19.9 Å². The third-order valence-corrected chi connectivity index (χ3v) is 1.11. The van der Waals surface area contributed by atoms with Crippen LogP contribution in [0.4, 0.5) is 0 Å². The predicted molar refractivity (Wildman–Crippen MR) is 39.3 cm³/mol. The standard InChI is InChI=1S/C7H11NO2/c1-4-8-6(5(2)3)7(9)10/h5-6H,1H2,2-3H3,(H,9,10). The largest absolute Gasteiger partial charge is 0.480 e. The van der Waals surface area contributed by atoms with E-state index in [4.69, 9.17) is 5.11 Å². The molecule has 0 heterocycles. The normalized spacial score (nSPS) is 12.3. The maximum atomic E-state index is 10.4. The van der Waals surface area contributed by atoms with Crippen LogP contribution in [0.25, 0.3) is 0 Å². The van der Waals surface area contributed by atoms with Crippen LogP contribution in [0.3, 0.4) is 0 Å². The zero-order valence-corrected chi connectivity index (χ0v) is 6.16. The lowest BCUT2D eigenvalue weighted by atomic mass is 10.1. The van der Waals surface area contributed by atoms with Crippen molar-refractivity contribution in [3.05, 3.63) is 6.58 Å². The van der Waals surface area contributed by atoms with Gasteiger partial charge in [0.15, 0.2) is 6.04 Å². The molecule has 0 aromatic carbocycles. The SMILES string of the molecule is C=C=NC(C(=O)O)C(C)C. The molecular weight excluding hydrogens is 130 g/mol. The molecular formula is C7H11NO2. The molecule has 0 radical (unpaired) electrons. The number of rotatable bonds is 3. The summed E-state index contributed by atoms with van der Waals surface area (Å²) in [6, 6.07) is -0.697. The van der Waals surface area contributed by atoms with E-state index < -0.39 is 12.0 Å². The Hall–Kier alpha value is -1.08. The van der Waals surface area contributed by atoms with Crippen LogP contribution in [-0.2, 0) is 4.79 Å². The molecule has 0 saturated heterocycles. The fourth-order valence-electron chi connectivity index (χ4n) is 0.588. The van der Waals surface area contributed by atoms with Crippen molar-refractivity contribution < 1.29 is 9.90 Å². The first-order chi connectivity index (χ1) is 4.59. The van der Waals surface area contributed by atoms with E-state index in [1.54, 1.807) is 13.8 Å². The van der Waals surface area contributed by atoms with E-state index in [0.29, 0.717) is 0 Å². The Kier molecular flexibility index (Phi) is 3.44. The molecule has 0 aliphatic rings. The van der Waals surface area contributed by atoms with Gasteiger partial charge in [0.05, 0.1) is 0 Å². The summed E-state index contributed by atoms with van der Waals surface area (Å²) in [6.45, 7) is 6.79. The van der Waals surface area contributed by atoms with Gasteiger partial charge in [-0.05, 0) is 18.4 Å². The number of hydrogen-bond donors (Lipinski definition) is 1. The van der Waals surface area contributed by atoms with Crippen LogP contribution in [0.1, 0.15) is 13.8 Å². The molecule has 10 heavy (non-hydrogen) atoms. The van der Waals surface area contributed by atoms with E-state index in [2.05, 4.69) is 17.4 Å². The van der Waals surface area contributed by atoms with Gasteiger partial charge in [0, 0.05) is 0 Å². The Morgan fingerprint density at radius 1 is 1.70 bits per heavy atom. The van der Waals surface area contributed by atoms with E-state index in [1.807, 2.05) is 0 Å². The first-order valence-electron chi connectivity index (χ1n) is 3.04. The summed E-state index contributed by atoms with van der Waals surface area (Å²) < 4.78 is 0. The van der Waals surface area contributed by atoms with E-state index in [1.165, 1.54) is 0 Å². The van der Waals surface area contributed by atoms with Crippen molar-refractivity contribution >= 4 is 11.8 Å². The molecule has 0 spiro atoms. The predicted octanol–water partition coefficient (Wildman–Crippen LogP) is 0.951. The van der Waals surface area contributed by atoms with Crippen molar-refractivity contribution in [3.63, 3.8) is 0 Å². The molecule has 3 heteroatoms. The highest BCUT2D eigenvalue weighted by atomic mass is 16.4. The van der Waals surface area contributed by atoms with Crippen LogP contribution in [0.2, 0.25) is 0 Å². The van der Waals surface area contributed by atoms with Crippen LogP contribution in [0, 0.1) is 5.92 Å². The summed E-state index contributed by atoms with van der Waals surface area (Å²) in [5.74, 6) is 1.29. The maximum Gasteiger partial charge on any atom is 0.329 e. The second kappa shape index (κ2) is 3.85. The lowest BCUT2D eigenvalue weighted by Gasteiger charge is -2.07. The maximum absolute atomic E-state index is 10.4. The van der Waals surface area contributed by atoms with Gasteiger partial charge in [-0.2, -0.15) is 0 Å². The Morgan fingerprint density at radius 2 is 2.20 bits per heavy atom. The zero-order chi connectivity index (χ0) is 8.15. The van der Waals surface area contributed by atoms with Gasteiger partial charge in [-0.15, -0.1) is 0 Å². The highest BCUT2D eigenvalue weighted by Gasteiger charge is 2.18. The molecule has 0 rings (SSSR count). The van der Waals surface area contributed by atoms with Crippen molar-refractivity contribution in [1.29, 1.82) is 0 Å². The first kappa shape index (κ1) is 8.92. The fraction of sp³-hybridized carbons (Fsp3) is 0.571. The Labute approximate surface area is 60.1 Å². The molecule has 0 amide bonds. The number of carboxylic acids is 1. The quantitative estimate of drug-likeness (QED) is 0.595. The van der Waals surface area contributed by atoms with Gasteiger partial charge in [-0.25, -0.2) is 9.79 Å². The summed E-state index contributed by atoms with van der Waals surface area (Å²) in [6.07, 6.45) is 0. The molecule has 0 aromatic rings. The van der Waals surface area contributed by atoms with Crippen LogP contribution in [0.15, 0.2) is 11.6 Å². The third kappa shape index (κ3) is 2.46. The minimum absolute atomic E-state index is 0.00764. The molecule has 0 bridgehead atoms. The van der Waals surface area contributed by atoms with E-state index in [0.717, 1.165) is 0 Å². The van der Waals surface area contributed by atoms with Gasteiger partial charge in [-0.3, -0.25) is 0 Å². The average Bonchev–Trinajstić information content (AvgIpc) is 1.81. The summed E-state index contributed by atoms with van der Waals surface area (Å²) >= 11 is 0. The second-order valence-electron chi connectivity index (χ2n) is 2.31. The van der Waals surface area contributed by atoms with Crippen LogP contribution in [0.5, 0.6) is 0 Å². The highest BCUT2D eigenvalue weighted by molar-refractivity contribution is 5.75. The Morgan fingerprint density at radius 3 is 2.30 bits per heavy atom. The van der Waals surface area contributed by atoms with Gasteiger partial charge >= 0.3 is 5.97 Å². The fourth-order valence-corrected chi connectivity index (χ4v) is 0.588. The molecule has 0 aliphatic carbocycles. The lowest BCUT2D eigenvalue weighted by molar-refractivity contribution is -0.139. The number of aliphatic imine (C=N–C) groups is 1. The summed E-state index contributed by atoms with van der Waals surface area (Å²) in [5, 5.41) is 8.51. The van der Waals surface area contributed by atoms with Gasteiger partial charge in [-0.1, -0.05) is 13.8 Å². The highest BCUT2D eigenvalue weighted by Crippen LogP contribution is 2.04. The summed E-state index contributed by atoms with van der Waals surface area (Å²) in [7, 11) is 0. The van der Waals surface area contributed by atoms with Crippen molar-refractivity contribution in [1.82, 2.24) is 0 Å². The molecule has 1 N–H and O–H groups in total. The van der Waals surface area contributed by atoms with E-state index in [9.17, 15) is 4.79 Å². The topological polar surface area (TPSA) is 49.7 Å². The molecule has 0 aromatic heterocycles. The molecule has 1 atom stereocenters. The monoisotopic (exact) mass is 141 g/mol. The Bertz CT molecular complexity index is 166. The minimum atomic E-state index is -0.925. The number of aliphatic carboxylic acids is 1. The average molecular weight is 141 g/mol. The number of carbonyl (C=O) groups is 1. The second-order valence-corrected chi connectivity index (χ2v) is 2.31. The first-order valence-corrected chi connectivity index (χ1v) is 3.04. The van der Waals surface area contributed by atoms with Gasteiger partial charge in [0.25, 0.3) is 0 Å². The zero-order valence-electron chi connectivity index (χ0n) is 6.16. The molecule has 3 nitrogen and oxygen atoms in total. The van der Waals surface area contributed by atoms with Crippen molar-refractivity contribution in [3.8, 4) is 0 Å². The van der Waals surface area contributed by atoms with Gasteiger partial charge in [0.1, 0.15) is 0 Å². The number of nitrogens with zero attached hydrogens (tertiary/aromatic N) is 1. The van der Waals surface area contributed by atoms with Crippen LogP contribution < -0.4 is 0 Å². The van der Waals surface area contributed by atoms with Gasteiger partial charge < -0.3 is 5.11 Å². The van der Waals surface area contributed by atoms with Gasteiger partial charge in [0.2, 0.25) is 0 Å². The summed E-state index contributed by atoms with van der Waals surface area (Å²) in [5.41, 5.74) is 0. The number of carboxylic acid groups (broad SMARTS) is 1. The van der Waals surface area contributed by atoms with Crippen molar-refractivity contribution in [2.75, 3.05) is 0 Å². The smallest absolute Gasteiger partial charge is 0.329 e. The van der Waals surface area contributed by atoms with Crippen molar-refractivity contribution in [2.24, 2.45) is 10.9 Å². The lowest BCUT2D eigenvalue weighted by Crippen LogP contribution is -2.23. The number of hydrogen-bond acceptors (Lipinski definition) is 2. The molecule has 0 saturated carbocycles. The minimum Gasteiger partial charge on any atom is -0.480 e. The van der Waals surface area contributed by atoms with E-state index in [-0.39, 0.29) is 5.92 Å². The molecule has 56 valence electrons. The summed E-state index contributed by atoms with van der Waals surface area (Å²) in [4.78, 5) is 13.9. The molecule has 0 aliphatic heterocycles. The Balaban J connectivity index is 4.26. The van der Waals surface area contributed by atoms with E-state index >= 15 is 0 Å². The van der Waals surface area contributed by atoms with Crippen LogP contribution >= 0.6 is 0 Å².